The predicted octanol–water partition coefficient (Wildman–Crippen LogP) is 1.97. The molecule has 0 bridgehead atoms. The SMILES string of the molecule is CN1CCCOC(c2ccccc2)O1. The molecule has 1 heterocycles. The summed E-state index contributed by atoms with van der Waals surface area (Å²) in [6.07, 6.45) is 0.767. The summed E-state index contributed by atoms with van der Waals surface area (Å²) >= 11 is 0. The minimum atomic E-state index is -0.247. The second-order valence-electron chi connectivity index (χ2n) is 3.42. The quantitative estimate of drug-likeness (QED) is 0.680. The van der Waals surface area contributed by atoms with Gasteiger partial charge in [0, 0.05) is 19.2 Å². The number of hydrogen-bond donors (Lipinski definition) is 0. The largest absolute Gasteiger partial charge is 0.347 e. The standard InChI is InChI=1S/C11H15NO2/c1-12-8-5-9-13-11(14-12)10-6-3-2-4-7-10/h2-4,6-7,11H,5,8-9H2,1H3. The molecule has 3 nitrogen and oxygen atoms in total. The molecule has 0 amide bonds. The van der Waals surface area contributed by atoms with Crippen molar-refractivity contribution in [3.05, 3.63) is 35.9 Å². The monoisotopic (exact) mass is 193 g/mol. The van der Waals surface area contributed by atoms with Crippen LogP contribution in [0.5, 0.6) is 0 Å². The van der Waals surface area contributed by atoms with Gasteiger partial charge in [0.25, 0.3) is 0 Å². The zero-order valence-corrected chi connectivity index (χ0v) is 8.35. The van der Waals surface area contributed by atoms with Crippen LogP contribution in [0.25, 0.3) is 0 Å². The number of rotatable bonds is 1. The van der Waals surface area contributed by atoms with Crippen LogP contribution in [-0.4, -0.2) is 25.3 Å². The van der Waals surface area contributed by atoms with Gasteiger partial charge in [-0.2, -0.15) is 5.06 Å². The topological polar surface area (TPSA) is 21.7 Å². The van der Waals surface area contributed by atoms with Gasteiger partial charge in [-0.3, -0.25) is 4.84 Å². The molecule has 3 heteroatoms. The lowest BCUT2D eigenvalue weighted by Crippen LogP contribution is -2.20. The maximum Gasteiger partial charge on any atom is 0.203 e. The number of nitrogens with zero attached hydrogens (tertiary/aromatic N) is 1. The van der Waals surface area contributed by atoms with Crippen molar-refractivity contribution >= 4 is 0 Å². The van der Waals surface area contributed by atoms with Crippen molar-refractivity contribution in [1.82, 2.24) is 5.06 Å². The van der Waals surface area contributed by atoms with Crippen LogP contribution in [0.15, 0.2) is 30.3 Å². The highest BCUT2D eigenvalue weighted by Gasteiger charge is 2.18. The highest BCUT2D eigenvalue weighted by molar-refractivity contribution is 5.15. The van der Waals surface area contributed by atoms with Gasteiger partial charge in [-0.1, -0.05) is 30.3 Å². The zero-order valence-electron chi connectivity index (χ0n) is 8.35. The smallest absolute Gasteiger partial charge is 0.203 e. The van der Waals surface area contributed by atoms with Gasteiger partial charge in [0.1, 0.15) is 0 Å². The molecule has 1 atom stereocenters. The molecule has 2 rings (SSSR count). The Morgan fingerprint density at radius 2 is 2.07 bits per heavy atom. The molecule has 0 radical (unpaired) electrons. The van der Waals surface area contributed by atoms with Gasteiger partial charge in [0.2, 0.25) is 6.29 Å². The Morgan fingerprint density at radius 3 is 2.86 bits per heavy atom. The lowest BCUT2D eigenvalue weighted by molar-refractivity contribution is -0.256. The van der Waals surface area contributed by atoms with E-state index in [0.717, 1.165) is 25.1 Å². The van der Waals surface area contributed by atoms with Crippen LogP contribution in [0.1, 0.15) is 18.3 Å². The average Bonchev–Trinajstić information content (AvgIpc) is 2.44. The number of ether oxygens (including phenoxy) is 1. The van der Waals surface area contributed by atoms with Crippen LogP contribution in [0.4, 0.5) is 0 Å². The molecule has 1 fully saturated rings. The van der Waals surface area contributed by atoms with Gasteiger partial charge in [0.15, 0.2) is 0 Å². The predicted molar refractivity (Wildman–Crippen MR) is 53.5 cm³/mol. The lowest BCUT2D eigenvalue weighted by Gasteiger charge is -2.19. The van der Waals surface area contributed by atoms with Crippen LogP contribution in [-0.2, 0) is 9.57 Å². The summed E-state index contributed by atoms with van der Waals surface area (Å²) < 4.78 is 5.60. The summed E-state index contributed by atoms with van der Waals surface area (Å²) in [4.78, 5) is 5.61. The van der Waals surface area contributed by atoms with Gasteiger partial charge in [-0.15, -0.1) is 0 Å². The Kier molecular flexibility index (Phi) is 3.14. The molecule has 76 valence electrons. The molecule has 1 unspecified atom stereocenters. The zero-order chi connectivity index (χ0) is 9.80. The maximum absolute atomic E-state index is 5.61. The molecule has 0 saturated carbocycles. The molecule has 0 spiro atoms. The second-order valence-corrected chi connectivity index (χ2v) is 3.42. The minimum Gasteiger partial charge on any atom is -0.347 e. The fraction of sp³-hybridized carbons (Fsp3) is 0.455. The summed E-state index contributed by atoms with van der Waals surface area (Å²) in [5.74, 6) is 0. The van der Waals surface area contributed by atoms with Gasteiger partial charge < -0.3 is 4.74 Å². The van der Waals surface area contributed by atoms with Crippen molar-refractivity contribution in [1.29, 1.82) is 0 Å². The third-order valence-corrected chi connectivity index (χ3v) is 2.23. The van der Waals surface area contributed by atoms with Crippen molar-refractivity contribution in [2.45, 2.75) is 12.7 Å². The van der Waals surface area contributed by atoms with Crippen LogP contribution in [0, 0.1) is 0 Å². The molecule has 1 aromatic rings. The van der Waals surface area contributed by atoms with E-state index >= 15 is 0 Å². The molecular formula is C11H15NO2. The van der Waals surface area contributed by atoms with Gasteiger partial charge in [-0.25, -0.2) is 0 Å². The highest BCUT2D eigenvalue weighted by Crippen LogP contribution is 2.21. The number of benzene rings is 1. The van der Waals surface area contributed by atoms with Crippen molar-refractivity contribution in [2.24, 2.45) is 0 Å². The molecule has 1 aliphatic rings. The minimum absolute atomic E-state index is 0.247. The van der Waals surface area contributed by atoms with Gasteiger partial charge >= 0.3 is 0 Å². The summed E-state index contributed by atoms with van der Waals surface area (Å²) in [7, 11) is 1.94. The molecular weight excluding hydrogens is 178 g/mol. The van der Waals surface area contributed by atoms with Crippen LogP contribution < -0.4 is 0 Å². The second kappa shape index (κ2) is 4.55. The van der Waals surface area contributed by atoms with Crippen molar-refractivity contribution in [3.8, 4) is 0 Å². The Labute approximate surface area is 84.2 Å². The summed E-state index contributed by atoms with van der Waals surface area (Å²) in [6.45, 7) is 1.67. The summed E-state index contributed by atoms with van der Waals surface area (Å²) in [5, 5.41) is 1.84. The average molecular weight is 193 g/mol. The molecule has 0 aromatic heterocycles. The Balaban J connectivity index is 2.09. The first-order valence-corrected chi connectivity index (χ1v) is 4.91. The first-order valence-electron chi connectivity index (χ1n) is 4.91. The molecule has 14 heavy (non-hydrogen) atoms. The number of hydroxylamine groups is 2. The first kappa shape index (κ1) is 9.65. The van der Waals surface area contributed by atoms with E-state index in [1.165, 1.54) is 0 Å². The third-order valence-electron chi connectivity index (χ3n) is 2.23. The van der Waals surface area contributed by atoms with Crippen molar-refractivity contribution in [3.63, 3.8) is 0 Å². The van der Waals surface area contributed by atoms with Crippen LogP contribution in [0.2, 0.25) is 0 Å². The van der Waals surface area contributed by atoms with E-state index in [2.05, 4.69) is 0 Å². The third kappa shape index (κ3) is 2.32. The van der Waals surface area contributed by atoms with Gasteiger partial charge in [0.05, 0.1) is 6.61 Å². The van der Waals surface area contributed by atoms with Crippen LogP contribution in [0.3, 0.4) is 0 Å². The molecule has 0 N–H and O–H groups in total. The molecule has 1 aliphatic heterocycles. The maximum atomic E-state index is 5.61. The van der Waals surface area contributed by atoms with Crippen LogP contribution >= 0.6 is 0 Å². The van der Waals surface area contributed by atoms with Crippen molar-refractivity contribution in [2.75, 3.05) is 20.2 Å². The van der Waals surface area contributed by atoms with E-state index in [0.29, 0.717) is 0 Å². The van der Waals surface area contributed by atoms with E-state index < -0.39 is 0 Å². The summed E-state index contributed by atoms with van der Waals surface area (Å²) in [6, 6.07) is 10.0. The number of hydrogen-bond acceptors (Lipinski definition) is 3. The fourth-order valence-corrected chi connectivity index (χ4v) is 1.49. The van der Waals surface area contributed by atoms with E-state index in [4.69, 9.17) is 9.57 Å². The summed E-state index contributed by atoms with van der Waals surface area (Å²) in [5.41, 5.74) is 1.07. The fourth-order valence-electron chi connectivity index (χ4n) is 1.49. The normalized spacial score (nSPS) is 24.5. The first-order chi connectivity index (χ1) is 6.86. The Bertz CT molecular complexity index is 276. The Morgan fingerprint density at radius 1 is 1.29 bits per heavy atom. The van der Waals surface area contributed by atoms with E-state index in [-0.39, 0.29) is 6.29 Å². The molecule has 1 aromatic carbocycles. The van der Waals surface area contributed by atoms with Gasteiger partial charge in [-0.05, 0) is 6.42 Å². The highest BCUT2D eigenvalue weighted by atomic mass is 16.8. The Hall–Kier alpha value is -0.900. The van der Waals surface area contributed by atoms with Crippen molar-refractivity contribution < 1.29 is 9.57 Å². The van der Waals surface area contributed by atoms with E-state index in [9.17, 15) is 0 Å². The van der Waals surface area contributed by atoms with E-state index in [1.54, 1.807) is 0 Å². The molecule has 1 saturated heterocycles. The lowest BCUT2D eigenvalue weighted by atomic mass is 10.2. The van der Waals surface area contributed by atoms with E-state index in [1.807, 2.05) is 42.4 Å². The molecule has 0 aliphatic carbocycles.